The number of aryl methyl sites for hydroxylation is 1. The van der Waals surface area contributed by atoms with Crippen molar-refractivity contribution in [2.75, 3.05) is 5.88 Å². The van der Waals surface area contributed by atoms with Crippen LogP contribution in [0.5, 0.6) is 0 Å². The number of halogens is 3. The zero-order valence-corrected chi connectivity index (χ0v) is 13.0. The number of hydrogen-bond acceptors (Lipinski definition) is 0. The van der Waals surface area contributed by atoms with Gasteiger partial charge >= 0.3 is 0 Å². The van der Waals surface area contributed by atoms with Crippen molar-refractivity contribution in [2.45, 2.75) is 19.3 Å². The molecule has 0 aliphatic rings. The van der Waals surface area contributed by atoms with Gasteiger partial charge in [0.25, 0.3) is 0 Å². The Morgan fingerprint density at radius 3 is 2.58 bits per heavy atom. The Kier molecular flexibility index (Phi) is 5.00. The Morgan fingerprint density at radius 2 is 1.95 bits per heavy atom. The second-order valence-corrected chi connectivity index (χ2v) is 5.91. The van der Waals surface area contributed by atoms with E-state index < -0.39 is 0 Å². The first-order chi connectivity index (χ1) is 9.10. The van der Waals surface area contributed by atoms with Crippen LogP contribution in [-0.2, 0) is 6.42 Å². The lowest BCUT2D eigenvalue weighted by molar-refractivity contribution is 0.622. The summed E-state index contributed by atoms with van der Waals surface area (Å²) >= 11 is 9.42. The zero-order valence-electron chi connectivity index (χ0n) is 10.7. The lowest BCUT2D eigenvalue weighted by Gasteiger charge is -2.17. The molecule has 0 aliphatic carbocycles. The highest BCUT2D eigenvalue weighted by molar-refractivity contribution is 9.10. The van der Waals surface area contributed by atoms with Gasteiger partial charge in [-0.3, -0.25) is 0 Å². The lowest BCUT2D eigenvalue weighted by atomic mass is 9.90. The maximum absolute atomic E-state index is 13.4. The summed E-state index contributed by atoms with van der Waals surface area (Å²) in [6, 6.07) is 13.2. The van der Waals surface area contributed by atoms with Crippen molar-refractivity contribution in [2.24, 2.45) is 0 Å². The van der Waals surface area contributed by atoms with Gasteiger partial charge in [0.15, 0.2) is 0 Å². The van der Waals surface area contributed by atoms with Gasteiger partial charge in [-0.2, -0.15) is 0 Å². The molecule has 0 radical (unpaired) electrons. The first kappa shape index (κ1) is 14.5. The van der Waals surface area contributed by atoms with E-state index in [2.05, 4.69) is 35.0 Å². The molecule has 100 valence electrons. The highest BCUT2D eigenvalue weighted by Crippen LogP contribution is 2.26. The van der Waals surface area contributed by atoms with Crippen molar-refractivity contribution in [3.05, 3.63) is 69.4 Å². The van der Waals surface area contributed by atoms with Crippen LogP contribution in [0.1, 0.15) is 22.6 Å². The van der Waals surface area contributed by atoms with Gasteiger partial charge in [0.2, 0.25) is 0 Å². The maximum atomic E-state index is 13.4. The van der Waals surface area contributed by atoms with Crippen molar-refractivity contribution in [3.8, 4) is 0 Å². The Bertz CT molecular complexity index is 548. The first-order valence-corrected chi connectivity index (χ1v) is 7.49. The van der Waals surface area contributed by atoms with Crippen LogP contribution in [0.2, 0.25) is 0 Å². The molecule has 0 nitrogen and oxygen atoms in total. The van der Waals surface area contributed by atoms with E-state index in [1.165, 1.54) is 17.2 Å². The van der Waals surface area contributed by atoms with E-state index in [0.29, 0.717) is 5.88 Å². The minimum Gasteiger partial charge on any atom is -0.207 e. The van der Waals surface area contributed by atoms with Crippen LogP contribution in [0.15, 0.2) is 46.9 Å². The zero-order chi connectivity index (χ0) is 13.8. The van der Waals surface area contributed by atoms with Crippen molar-refractivity contribution < 1.29 is 4.39 Å². The number of benzene rings is 2. The van der Waals surface area contributed by atoms with Gasteiger partial charge in [-0.1, -0.05) is 40.2 Å². The summed E-state index contributed by atoms with van der Waals surface area (Å²) in [5.74, 6) is 0.512. The second kappa shape index (κ2) is 6.53. The van der Waals surface area contributed by atoms with Crippen LogP contribution in [0, 0.1) is 12.7 Å². The number of hydrogen-bond donors (Lipinski definition) is 0. The Hall–Kier alpha value is -0.860. The number of rotatable bonds is 4. The molecule has 0 bridgehead atoms. The molecule has 19 heavy (non-hydrogen) atoms. The smallest absolute Gasteiger partial charge is 0.124 e. The lowest BCUT2D eigenvalue weighted by Crippen LogP contribution is -2.06. The average Bonchev–Trinajstić information content (AvgIpc) is 2.36. The summed E-state index contributed by atoms with van der Waals surface area (Å²) in [5.41, 5.74) is 3.42. The molecule has 3 heteroatoms. The molecule has 0 amide bonds. The third-order valence-electron chi connectivity index (χ3n) is 3.22. The largest absolute Gasteiger partial charge is 0.207 e. The normalized spacial score (nSPS) is 12.4. The van der Waals surface area contributed by atoms with Gasteiger partial charge in [0, 0.05) is 16.3 Å². The molecule has 2 aromatic rings. The van der Waals surface area contributed by atoms with E-state index in [1.54, 1.807) is 6.07 Å². The molecule has 1 unspecified atom stereocenters. The molecule has 0 aromatic heterocycles. The SMILES string of the molecule is Cc1ccccc1C(CCl)Cc1cc(F)cc(Br)c1. The Morgan fingerprint density at radius 1 is 1.21 bits per heavy atom. The van der Waals surface area contributed by atoms with Crippen LogP contribution in [0.3, 0.4) is 0 Å². The predicted octanol–water partition coefficient (Wildman–Crippen LogP) is 5.46. The molecule has 1 atom stereocenters. The highest BCUT2D eigenvalue weighted by atomic mass is 79.9. The van der Waals surface area contributed by atoms with E-state index in [0.717, 1.165) is 16.5 Å². The standard InChI is InChI=1S/C16H15BrClF/c1-11-4-2-3-5-16(11)13(10-18)6-12-7-14(17)9-15(19)8-12/h2-5,7-9,13H,6,10H2,1H3. The monoisotopic (exact) mass is 340 g/mol. The fraction of sp³-hybridized carbons (Fsp3) is 0.250. The second-order valence-electron chi connectivity index (χ2n) is 4.69. The molecule has 0 saturated heterocycles. The summed E-state index contributed by atoms with van der Waals surface area (Å²) < 4.78 is 14.2. The third-order valence-corrected chi connectivity index (χ3v) is 4.05. The topological polar surface area (TPSA) is 0 Å². The van der Waals surface area contributed by atoms with E-state index in [-0.39, 0.29) is 11.7 Å². The third kappa shape index (κ3) is 3.80. The molecule has 0 N–H and O–H groups in total. The fourth-order valence-electron chi connectivity index (χ4n) is 2.31. The van der Waals surface area contributed by atoms with Gasteiger partial charge in [-0.05, 0) is 48.2 Å². The van der Waals surface area contributed by atoms with E-state index in [1.807, 2.05) is 18.2 Å². The summed E-state index contributed by atoms with van der Waals surface area (Å²) in [5, 5.41) is 0. The van der Waals surface area contributed by atoms with Crippen LogP contribution in [0.25, 0.3) is 0 Å². The minimum atomic E-state index is -0.220. The van der Waals surface area contributed by atoms with E-state index >= 15 is 0 Å². The van der Waals surface area contributed by atoms with Crippen molar-refractivity contribution in [3.63, 3.8) is 0 Å². The summed E-state index contributed by atoms with van der Waals surface area (Å²) in [6.45, 7) is 2.08. The quantitative estimate of drug-likeness (QED) is 0.648. The van der Waals surface area contributed by atoms with Gasteiger partial charge in [0.05, 0.1) is 0 Å². The maximum Gasteiger partial charge on any atom is 0.124 e. The van der Waals surface area contributed by atoms with E-state index in [4.69, 9.17) is 11.6 Å². The van der Waals surface area contributed by atoms with Gasteiger partial charge < -0.3 is 0 Å². The van der Waals surface area contributed by atoms with Gasteiger partial charge in [0.1, 0.15) is 5.82 Å². The van der Waals surface area contributed by atoms with Crippen molar-refractivity contribution >= 4 is 27.5 Å². The summed E-state index contributed by atoms with van der Waals surface area (Å²) in [6.07, 6.45) is 0.741. The molecular weight excluding hydrogens is 327 g/mol. The summed E-state index contributed by atoms with van der Waals surface area (Å²) in [4.78, 5) is 0. The molecule has 2 rings (SSSR count). The van der Waals surface area contributed by atoms with Crippen molar-refractivity contribution in [1.29, 1.82) is 0 Å². The predicted molar refractivity (Wildman–Crippen MR) is 82.4 cm³/mol. The average molecular weight is 342 g/mol. The summed E-state index contributed by atoms with van der Waals surface area (Å²) in [7, 11) is 0. The Balaban J connectivity index is 2.26. The minimum absolute atomic E-state index is 0.205. The van der Waals surface area contributed by atoms with Crippen LogP contribution < -0.4 is 0 Å². The molecule has 0 saturated carbocycles. The molecule has 0 heterocycles. The van der Waals surface area contributed by atoms with Gasteiger partial charge in [-0.15, -0.1) is 11.6 Å². The van der Waals surface area contributed by atoms with Gasteiger partial charge in [-0.25, -0.2) is 4.39 Å². The molecule has 0 fully saturated rings. The Labute approximate surface area is 126 Å². The molecule has 2 aromatic carbocycles. The van der Waals surface area contributed by atoms with Crippen LogP contribution >= 0.6 is 27.5 Å². The molecule has 0 spiro atoms. The molecule has 0 aliphatic heterocycles. The number of alkyl halides is 1. The first-order valence-electron chi connectivity index (χ1n) is 6.16. The van der Waals surface area contributed by atoms with Crippen molar-refractivity contribution in [1.82, 2.24) is 0 Å². The van der Waals surface area contributed by atoms with Crippen LogP contribution in [0.4, 0.5) is 4.39 Å². The van der Waals surface area contributed by atoms with E-state index in [9.17, 15) is 4.39 Å². The van der Waals surface area contributed by atoms with Crippen LogP contribution in [-0.4, -0.2) is 5.88 Å². The molecular formula is C16H15BrClF. The fourth-order valence-corrected chi connectivity index (χ4v) is 3.09. The highest BCUT2D eigenvalue weighted by Gasteiger charge is 2.14.